The monoisotopic (exact) mass is 405 g/mol. The van der Waals surface area contributed by atoms with Crippen LogP contribution in [-0.2, 0) is 16.1 Å². The normalized spacial score (nSPS) is 16.6. The second-order valence-corrected chi connectivity index (χ2v) is 9.10. The van der Waals surface area contributed by atoms with Crippen molar-refractivity contribution in [3.8, 4) is 10.7 Å². The minimum Gasteiger partial charge on any atom is -0.370 e. The standard InChI is InChI=1S/C18H23N5O2S2/c19-14(24)7-8-23-17(13-2-1-9-26-13)21-22-18(23)27-10-15(25)20-16(11-3-4-11)12-5-6-12/h1-2,9,11-12,16H,3-8,10H2,(H2,19,24)(H,20,25). The highest BCUT2D eigenvalue weighted by Gasteiger charge is 2.42. The van der Waals surface area contributed by atoms with Crippen molar-refractivity contribution in [3.05, 3.63) is 17.5 Å². The van der Waals surface area contributed by atoms with Gasteiger partial charge in [-0.2, -0.15) is 0 Å². The van der Waals surface area contributed by atoms with Crippen LogP contribution in [0.4, 0.5) is 0 Å². The van der Waals surface area contributed by atoms with E-state index >= 15 is 0 Å². The molecule has 0 bridgehead atoms. The Balaban J connectivity index is 1.41. The molecular weight excluding hydrogens is 382 g/mol. The maximum Gasteiger partial charge on any atom is 0.230 e. The smallest absolute Gasteiger partial charge is 0.230 e. The summed E-state index contributed by atoms with van der Waals surface area (Å²) >= 11 is 2.92. The maximum atomic E-state index is 12.4. The first-order valence-corrected chi connectivity index (χ1v) is 11.2. The Morgan fingerprint density at radius 2 is 2.04 bits per heavy atom. The summed E-state index contributed by atoms with van der Waals surface area (Å²) in [5, 5.41) is 14.4. The van der Waals surface area contributed by atoms with Crippen molar-refractivity contribution >= 4 is 34.9 Å². The fourth-order valence-corrected chi connectivity index (χ4v) is 4.79. The summed E-state index contributed by atoms with van der Waals surface area (Å²) in [5.74, 6) is 2.04. The van der Waals surface area contributed by atoms with E-state index in [1.54, 1.807) is 11.3 Å². The summed E-state index contributed by atoms with van der Waals surface area (Å²) in [5.41, 5.74) is 5.31. The van der Waals surface area contributed by atoms with Crippen molar-refractivity contribution in [1.82, 2.24) is 20.1 Å². The van der Waals surface area contributed by atoms with E-state index in [0.29, 0.717) is 41.2 Å². The van der Waals surface area contributed by atoms with E-state index in [0.717, 1.165) is 4.88 Å². The fourth-order valence-electron chi connectivity index (χ4n) is 3.30. The van der Waals surface area contributed by atoms with E-state index in [1.165, 1.54) is 37.4 Å². The number of hydrogen-bond acceptors (Lipinski definition) is 6. The van der Waals surface area contributed by atoms with Crippen molar-refractivity contribution in [3.63, 3.8) is 0 Å². The second kappa shape index (κ2) is 8.02. The molecule has 4 rings (SSSR count). The molecule has 27 heavy (non-hydrogen) atoms. The Kier molecular flexibility index (Phi) is 5.49. The number of thiophene rings is 1. The van der Waals surface area contributed by atoms with Crippen LogP contribution in [0, 0.1) is 11.8 Å². The van der Waals surface area contributed by atoms with E-state index in [2.05, 4.69) is 15.5 Å². The largest absolute Gasteiger partial charge is 0.370 e. The number of carbonyl (C=O) groups excluding carboxylic acids is 2. The molecule has 0 spiro atoms. The van der Waals surface area contributed by atoms with Crippen LogP contribution in [0.25, 0.3) is 10.7 Å². The number of nitrogens with one attached hydrogen (secondary N) is 1. The van der Waals surface area contributed by atoms with Crippen LogP contribution in [-0.4, -0.2) is 38.4 Å². The topological polar surface area (TPSA) is 103 Å². The Morgan fingerprint density at radius 1 is 1.30 bits per heavy atom. The third-order valence-electron chi connectivity index (χ3n) is 4.96. The van der Waals surface area contributed by atoms with E-state index in [9.17, 15) is 9.59 Å². The van der Waals surface area contributed by atoms with Gasteiger partial charge in [-0.1, -0.05) is 17.8 Å². The van der Waals surface area contributed by atoms with Gasteiger partial charge in [0.2, 0.25) is 11.8 Å². The molecule has 0 unspecified atom stereocenters. The van der Waals surface area contributed by atoms with Gasteiger partial charge in [0.05, 0.1) is 10.6 Å². The van der Waals surface area contributed by atoms with Gasteiger partial charge in [0, 0.05) is 19.0 Å². The summed E-state index contributed by atoms with van der Waals surface area (Å²) in [6, 6.07) is 4.27. The van der Waals surface area contributed by atoms with E-state index in [4.69, 9.17) is 5.73 Å². The molecule has 2 amide bonds. The van der Waals surface area contributed by atoms with Gasteiger partial charge in [-0.25, -0.2) is 0 Å². The van der Waals surface area contributed by atoms with Gasteiger partial charge >= 0.3 is 0 Å². The summed E-state index contributed by atoms with van der Waals surface area (Å²) in [6.45, 7) is 0.409. The SMILES string of the molecule is NC(=O)CCn1c(SCC(=O)NC(C2CC2)C2CC2)nnc1-c1cccs1. The molecule has 2 aliphatic rings. The van der Waals surface area contributed by atoms with Gasteiger partial charge in [-0.3, -0.25) is 9.59 Å². The van der Waals surface area contributed by atoms with Gasteiger partial charge in [0.25, 0.3) is 0 Å². The molecule has 0 aromatic carbocycles. The number of thioether (sulfide) groups is 1. The average Bonchev–Trinajstić information content (AvgIpc) is 3.56. The first-order valence-electron chi connectivity index (χ1n) is 9.29. The fraction of sp³-hybridized carbons (Fsp3) is 0.556. The van der Waals surface area contributed by atoms with Crippen LogP contribution in [0.15, 0.2) is 22.7 Å². The first-order chi connectivity index (χ1) is 13.1. The molecule has 9 heteroatoms. The number of nitrogens with two attached hydrogens (primary N) is 1. The summed E-state index contributed by atoms with van der Waals surface area (Å²) in [7, 11) is 0. The molecule has 0 radical (unpaired) electrons. The van der Waals surface area contributed by atoms with Crippen LogP contribution in [0.2, 0.25) is 0 Å². The van der Waals surface area contributed by atoms with Crippen LogP contribution < -0.4 is 11.1 Å². The summed E-state index contributed by atoms with van der Waals surface area (Å²) in [6.07, 6.45) is 5.16. The Labute approximate surface area is 166 Å². The Morgan fingerprint density at radius 3 is 2.63 bits per heavy atom. The molecule has 2 heterocycles. The second-order valence-electron chi connectivity index (χ2n) is 7.21. The number of primary amides is 1. The summed E-state index contributed by atoms with van der Waals surface area (Å²) < 4.78 is 1.88. The van der Waals surface area contributed by atoms with Gasteiger partial charge in [-0.15, -0.1) is 21.5 Å². The van der Waals surface area contributed by atoms with Crippen LogP contribution >= 0.6 is 23.1 Å². The molecule has 3 N–H and O–H groups in total. The van der Waals surface area contributed by atoms with Crippen LogP contribution in [0.5, 0.6) is 0 Å². The Hall–Kier alpha value is -1.87. The van der Waals surface area contributed by atoms with Gasteiger partial charge in [0.1, 0.15) is 0 Å². The number of nitrogens with zero attached hydrogens (tertiary/aromatic N) is 3. The number of carbonyl (C=O) groups is 2. The highest BCUT2D eigenvalue weighted by Crippen LogP contribution is 2.44. The van der Waals surface area contributed by atoms with E-state index < -0.39 is 0 Å². The number of amides is 2. The first kappa shape index (κ1) is 18.5. The van der Waals surface area contributed by atoms with Crippen molar-refractivity contribution in [2.24, 2.45) is 17.6 Å². The number of hydrogen-bond donors (Lipinski definition) is 2. The van der Waals surface area contributed by atoms with E-state index in [-0.39, 0.29) is 18.2 Å². The molecule has 0 aliphatic heterocycles. The molecule has 144 valence electrons. The van der Waals surface area contributed by atoms with Crippen molar-refractivity contribution in [1.29, 1.82) is 0 Å². The van der Waals surface area contributed by atoms with Gasteiger partial charge < -0.3 is 15.6 Å². The minimum absolute atomic E-state index is 0.0472. The predicted molar refractivity (Wildman–Crippen MR) is 105 cm³/mol. The third-order valence-corrected chi connectivity index (χ3v) is 6.79. The molecular formula is C18H23N5O2S2. The molecule has 2 fully saturated rings. The van der Waals surface area contributed by atoms with Crippen LogP contribution in [0.3, 0.4) is 0 Å². The maximum absolute atomic E-state index is 12.4. The summed E-state index contributed by atoms with van der Waals surface area (Å²) in [4.78, 5) is 24.7. The average molecular weight is 406 g/mol. The lowest BCUT2D eigenvalue weighted by atomic mass is 10.1. The van der Waals surface area contributed by atoms with Crippen molar-refractivity contribution in [2.75, 3.05) is 5.75 Å². The zero-order valence-corrected chi connectivity index (χ0v) is 16.6. The minimum atomic E-state index is -0.369. The van der Waals surface area contributed by atoms with Crippen molar-refractivity contribution < 1.29 is 9.59 Å². The lowest BCUT2D eigenvalue weighted by molar-refractivity contribution is -0.120. The predicted octanol–water partition coefficient (Wildman–Crippen LogP) is 2.28. The lowest BCUT2D eigenvalue weighted by Crippen LogP contribution is -2.39. The molecule has 2 aromatic heterocycles. The molecule has 2 aromatic rings. The number of aromatic nitrogens is 3. The zero-order chi connectivity index (χ0) is 18.8. The lowest BCUT2D eigenvalue weighted by Gasteiger charge is -2.17. The Bertz CT molecular complexity index is 800. The highest BCUT2D eigenvalue weighted by molar-refractivity contribution is 7.99. The van der Waals surface area contributed by atoms with Gasteiger partial charge in [0.15, 0.2) is 11.0 Å². The molecule has 0 saturated heterocycles. The molecule has 2 aliphatic carbocycles. The molecule has 2 saturated carbocycles. The molecule has 0 atom stereocenters. The zero-order valence-electron chi connectivity index (χ0n) is 15.0. The molecule has 7 nitrogen and oxygen atoms in total. The van der Waals surface area contributed by atoms with Crippen LogP contribution in [0.1, 0.15) is 32.1 Å². The third kappa shape index (κ3) is 4.70. The van der Waals surface area contributed by atoms with Gasteiger partial charge in [-0.05, 0) is 49.0 Å². The van der Waals surface area contributed by atoms with E-state index in [1.807, 2.05) is 22.1 Å². The number of rotatable bonds is 10. The van der Waals surface area contributed by atoms with Crippen molar-refractivity contribution in [2.45, 2.75) is 49.8 Å². The highest BCUT2D eigenvalue weighted by atomic mass is 32.2. The quantitative estimate of drug-likeness (QED) is 0.590.